The summed E-state index contributed by atoms with van der Waals surface area (Å²) in [5, 5.41) is 0. The van der Waals surface area contributed by atoms with Gasteiger partial charge in [-0.05, 0) is 6.07 Å². The molecule has 0 fully saturated rings. The van der Waals surface area contributed by atoms with Crippen molar-refractivity contribution in [1.29, 1.82) is 0 Å². The number of halogens is 4. The highest BCUT2D eigenvalue weighted by molar-refractivity contribution is 5.85. The third-order valence-corrected chi connectivity index (χ3v) is 1.25. The first-order chi connectivity index (χ1) is 5.02. The van der Waals surface area contributed by atoms with E-state index in [2.05, 4.69) is 4.42 Å². The van der Waals surface area contributed by atoms with Crippen LogP contribution in [0.5, 0.6) is 0 Å². The zero-order valence-corrected chi connectivity index (χ0v) is 6.65. The zero-order chi connectivity index (χ0) is 8.48. The minimum atomic E-state index is -4.40. The van der Waals surface area contributed by atoms with E-state index in [9.17, 15) is 13.2 Å². The normalized spacial score (nSPS) is 13.7. The van der Waals surface area contributed by atoms with Gasteiger partial charge in [-0.2, -0.15) is 13.2 Å². The average molecular weight is 202 g/mol. The van der Waals surface area contributed by atoms with Gasteiger partial charge in [0.2, 0.25) is 0 Å². The number of hydrogen-bond acceptors (Lipinski definition) is 2. The summed E-state index contributed by atoms with van der Waals surface area (Å²) < 4.78 is 40.0. The van der Waals surface area contributed by atoms with Crippen molar-refractivity contribution in [2.24, 2.45) is 5.73 Å². The summed E-state index contributed by atoms with van der Waals surface area (Å²) in [6, 6.07) is -0.751. The Morgan fingerprint density at radius 3 is 2.33 bits per heavy atom. The second-order valence-corrected chi connectivity index (χ2v) is 2.08. The van der Waals surface area contributed by atoms with Crippen molar-refractivity contribution in [3.8, 4) is 0 Å². The van der Waals surface area contributed by atoms with Crippen molar-refractivity contribution in [1.82, 2.24) is 0 Å². The summed E-state index contributed by atoms with van der Waals surface area (Å²) >= 11 is 0. The largest absolute Gasteiger partial charge is 0.472 e. The van der Waals surface area contributed by atoms with Gasteiger partial charge in [0.1, 0.15) is 6.04 Å². The average Bonchev–Trinajstić information content (AvgIpc) is 2.34. The monoisotopic (exact) mass is 201 g/mol. The highest BCUT2D eigenvalue weighted by atomic mass is 35.5. The van der Waals surface area contributed by atoms with E-state index in [1.54, 1.807) is 0 Å². The molecule has 1 aromatic rings. The molecule has 12 heavy (non-hydrogen) atoms. The van der Waals surface area contributed by atoms with E-state index in [4.69, 9.17) is 5.73 Å². The summed E-state index contributed by atoms with van der Waals surface area (Å²) in [5.74, 6) is 0. The minimum Gasteiger partial charge on any atom is -0.472 e. The van der Waals surface area contributed by atoms with Gasteiger partial charge in [0, 0.05) is 5.56 Å². The highest BCUT2D eigenvalue weighted by Gasteiger charge is 2.38. The van der Waals surface area contributed by atoms with Crippen molar-refractivity contribution >= 4 is 12.4 Å². The Kier molecular flexibility index (Phi) is 3.60. The number of alkyl halides is 3. The molecule has 1 atom stereocenters. The van der Waals surface area contributed by atoms with Crippen LogP contribution in [0.3, 0.4) is 0 Å². The lowest BCUT2D eigenvalue weighted by atomic mass is 10.1. The van der Waals surface area contributed by atoms with Gasteiger partial charge in [-0.3, -0.25) is 0 Å². The molecular formula is C6H7ClF3NO. The summed E-state index contributed by atoms with van der Waals surface area (Å²) in [6.45, 7) is 0. The van der Waals surface area contributed by atoms with Crippen LogP contribution in [0.2, 0.25) is 0 Å². The Morgan fingerprint density at radius 1 is 1.42 bits per heavy atom. The fourth-order valence-corrected chi connectivity index (χ4v) is 0.641. The molecule has 2 N–H and O–H groups in total. The van der Waals surface area contributed by atoms with Crippen molar-refractivity contribution in [3.63, 3.8) is 0 Å². The summed E-state index contributed by atoms with van der Waals surface area (Å²) in [5.41, 5.74) is 4.77. The Hall–Kier alpha value is -0.680. The SMILES string of the molecule is Cl.N[C@@H](c1ccoc1)C(F)(F)F. The molecule has 0 aliphatic rings. The standard InChI is InChI=1S/C6H6F3NO.ClH/c7-6(8,9)5(10)4-1-2-11-3-4;/h1-3,5H,10H2;1H/t5-;/m0./s1. The summed E-state index contributed by atoms with van der Waals surface area (Å²) in [4.78, 5) is 0. The van der Waals surface area contributed by atoms with Crippen molar-refractivity contribution in [3.05, 3.63) is 24.2 Å². The molecule has 70 valence electrons. The first-order valence-electron chi connectivity index (χ1n) is 2.86. The number of hydrogen-bond donors (Lipinski definition) is 1. The smallest absolute Gasteiger partial charge is 0.407 e. The molecule has 1 heterocycles. The predicted molar refractivity (Wildman–Crippen MR) is 38.9 cm³/mol. The highest BCUT2D eigenvalue weighted by Crippen LogP contribution is 2.30. The molecule has 1 aromatic heterocycles. The maximum atomic E-state index is 11.8. The van der Waals surface area contributed by atoms with Gasteiger partial charge in [0.25, 0.3) is 0 Å². The van der Waals surface area contributed by atoms with Gasteiger partial charge in [0.15, 0.2) is 0 Å². The topological polar surface area (TPSA) is 39.2 Å². The molecule has 0 aliphatic heterocycles. The van der Waals surface area contributed by atoms with Crippen molar-refractivity contribution in [2.75, 3.05) is 0 Å². The van der Waals surface area contributed by atoms with Gasteiger partial charge in [-0.15, -0.1) is 12.4 Å². The van der Waals surface area contributed by atoms with Gasteiger partial charge in [-0.25, -0.2) is 0 Å². The van der Waals surface area contributed by atoms with Gasteiger partial charge in [-0.1, -0.05) is 0 Å². The molecule has 0 spiro atoms. The van der Waals surface area contributed by atoms with Crippen LogP contribution in [0.15, 0.2) is 23.0 Å². The maximum absolute atomic E-state index is 11.8. The number of nitrogens with two attached hydrogens (primary N) is 1. The second-order valence-electron chi connectivity index (χ2n) is 2.08. The lowest BCUT2D eigenvalue weighted by molar-refractivity contribution is -0.149. The van der Waals surface area contributed by atoms with Crippen LogP contribution < -0.4 is 5.73 Å². The molecular weight excluding hydrogens is 195 g/mol. The van der Waals surface area contributed by atoms with Crippen LogP contribution in [0.4, 0.5) is 13.2 Å². The number of rotatable bonds is 1. The van der Waals surface area contributed by atoms with E-state index in [1.165, 1.54) is 6.07 Å². The van der Waals surface area contributed by atoms with Crippen LogP contribution in [0, 0.1) is 0 Å². The molecule has 2 nitrogen and oxygen atoms in total. The fourth-order valence-electron chi connectivity index (χ4n) is 0.641. The molecule has 0 saturated heterocycles. The van der Waals surface area contributed by atoms with Gasteiger partial charge in [0.05, 0.1) is 12.5 Å². The molecule has 0 saturated carbocycles. The van der Waals surface area contributed by atoms with E-state index in [0.29, 0.717) is 0 Å². The quantitative estimate of drug-likeness (QED) is 0.757. The summed E-state index contributed by atoms with van der Waals surface area (Å²) in [6.07, 6.45) is -2.26. The second kappa shape index (κ2) is 3.82. The summed E-state index contributed by atoms with van der Waals surface area (Å²) in [7, 11) is 0. The van der Waals surface area contributed by atoms with E-state index in [1.807, 2.05) is 0 Å². The first-order valence-corrected chi connectivity index (χ1v) is 2.86. The molecule has 0 aliphatic carbocycles. The lowest BCUT2D eigenvalue weighted by Gasteiger charge is -2.12. The third-order valence-electron chi connectivity index (χ3n) is 1.25. The van der Waals surface area contributed by atoms with Crippen molar-refractivity contribution in [2.45, 2.75) is 12.2 Å². The first kappa shape index (κ1) is 11.3. The molecule has 1 rings (SSSR count). The Balaban J connectivity index is 0.00000121. The van der Waals surface area contributed by atoms with Crippen LogP contribution in [-0.4, -0.2) is 6.18 Å². The van der Waals surface area contributed by atoms with Gasteiger partial charge < -0.3 is 10.2 Å². The van der Waals surface area contributed by atoms with Gasteiger partial charge >= 0.3 is 6.18 Å². The van der Waals surface area contributed by atoms with E-state index in [-0.39, 0.29) is 18.0 Å². The van der Waals surface area contributed by atoms with E-state index < -0.39 is 12.2 Å². The van der Waals surface area contributed by atoms with Crippen LogP contribution in [-0.2, 0) is 0 Å². The molecule has 0 unspecified atom stereocenters. The minimum absolute atomic E-state index is 0. The molecule has 0 aromatic carbocycles. The van der Waals surface area contributed by atoms with Crippen LogP contribution in [0.25, 0.3) is 0 Å². The molecule has 6 heteroatoms. The maximum Gasteiger partial charge on any atom is 0.407 e. The number of furan rings is 1. The third kappa shape index (κ3) is 2.42. The lowest BCUT2D eigenvalue weighted by Crippen LogP contribution is -2.27. The van der Waals surface area contributed by atoms with E-state index in [0.717, 1.165) is 12.5 Å². The van der Waals surface area contributed by atoms with Crippen molar-refractivity contribution < 1.29 is 17.6 Å². The Labute approximate surface area is 72.9 Å². The predicted octanol–water partition coefficient (Wildman–Crippen LogP) is 2.26. The van der Waals surface area contributed by atoms with E-state index >= 15 is 0 Å². The van der Waals surface area contributed by atoms with Crippen LogP contribution >= 0.6 is 12.4 Å². The Bertz CT molecular complexity index is 221. The fraction of sp³-hybridized carbons (Fsp3) is 0.333. The molecule has 0 amide bonds. The molecule has 0 radical (unpaired) electrons. The zero-order valence-electron chi connectivity index (χ0n) is 5.84. The molecule has 0 bridgehead atoms. The van der Waals surface area contributed by atoms with Crippen LogP contribution in [0.1, 0.15) is 11.6 Å². The Morgan fingerprint density at radius 2 is 2.00 bits per heavy atom.